The van der Waals surface area contributed by atoms with Gasteiger partial charge in [-0.1, -0.05) is 11.6 Å². The van der Waals surface area contributed by atoms with Gasteiger partial charge in [0.05, 0.1) is 11.3 Å². The van der Waals surface area contributed by atoms with Crippen LogP contribution >= 0.6 is 11.6 Å². The molecule has 19 heavy (non-hydrogen) atoms. The quantitative estimate of drug-likeness (QED) is 0.871. The Kier molecular flexibility index (Phi) is 3.49. The third kappa shape index (κ3) is 3.61. The average molecular weight is 284 g/mol. The molecule has 104 valence electrons. The molecular weight excluding hydrogens is 266 g/mol. The normalized spacial score (nSPS) is 16.9. The second-order valence-corrected chi connectivity index (χ2v) is 6.28. The minimum Gasteiger partial charge on any atom is -0.444 e. The van der Waals surface area contributed by atoms with Gasteiger partial charge >= 0.3 is 6.09 Å². The van der Waals surface area contributed by atoms with Crippen molar-refractivity contribution in [1.29, 1.82) is 0 Å². The molecule has 1 fully saturated rings. The van der Waals surface area contributed by atoms with Crippen molar-refractivity contribution in [2.45, 2.75) is 44.8 Å². The second-order valence-electron chi connectivity index (χ2n) is 5.85. The fourth-order valence-corrected chi connectivity index (χ4v) is 1.98. The van der Waals surface area contributed by atoms with E-state index in [2.05, 4.69) is 5.32 Å². The third-order valence-corrected chi connectivity index (χ3v) is 3.08. The summed E-state index contributed by atoms with van der Waals surface area (Å²) in [6.45, 7) is 5.39. The summed E-state index contributed by atoms with van der Waals surface area (Å²) < 4.78 is 5.20. The van der Waals surface area contributed by atoms with Crippen LogP contribution in [0, 0.1) is 0 Å². The third-order valence-electron chi connectivity index (χ3n) is 2.84. The SMILES string of the molecule is CC(C)(C)OC(=O)Nc1ccc(Cl)cc1C1(O)CC1. The van der Waals surface area contributed by atoms with Gasteiger partial charge in [0, 0.05) is 10.6 Å². The number of hydrogen-bond acceptors (Lipinski definition) is 3. The Balaban J connectivity index is 2.19. The number of aliphatic hydroxyl groups is 1. The molecule has 1 aliphatic rings. The first-order valence-corrected chi connectivity index (χ1v) is 6.60. The average Bonchev–Trinajstić information content (AvgIpc) is 2.97. The molecule has 0 unspecified atom stereocenters. The van der Waals surface area contributed by atoms with Gasteiger partial charge in [-0.05, 0) is 51.8 Å². The Morgan fingerprint density at radius 2 is 2.05 bits per heavy atom. The Morgan fingerprint density at radius 1 is 1.42 bits per heavy atom. The highest BCUT2D eigenvalue weighted by Crippen LogP contribution is 2.48. The van der Waals surface area contributed by atoms with E-state index in [4.69, 9.17) is 16.3 Å². The van der Waals surface area contributed by atoms with E-state index in [1.165, 1.54) is 0 Å². The molecule has 0 heterocycles. The number of amides is 1. The molecular formula is C14H18ClNO3. The van der Waals surface area contributed by atoms with Gasteiger partial charge < -0.3 is 9.84 Å². The highest BCUT2D eigenvalue weighted by atomic mass is 35.5. The lowest BCUT2D eigenvalue weighted by atomic mass is 10.1. The molecule has 0 saturated heterocycles. The molecule has 0 aromatic heterocycles. The van der Waals surface area contributed by atoms with Gasteiger partial charge in [-0.15, -0.1) is 0 Å². The highest BCUT2D eigenvalue weighted by molar-refractivity contribution is 6.30. The zero-order valence-corrected chi connectivity index (χ0v) is 12.0. The maximum atomic E-state index is 11.8. The number of ether oxygens (including phenoxy) is 1. The molecule has 2 N–H and O–H groups in total. The van der Waals surface area contributed by atoms with E-state index < -0.39 is 17.3 Å². The Hall–Kier alpha value is -1.26. The van der Waals surface area contributed by atoms with Crippen LogP contribution in [0.4, 0.5) is 10.5 Å². The summed E-state index contributed by atoms with van der Waals surface area (Å²) in [4.78, 5) is 11.8. The fraction of sp³-hybridized carbons (Fsp3) is 0.500. The van der Waals surface area contributed by atoms with Gasteiger partial charge in [0.2, 0.25) is 0 Å². The molecule has 4 nitrogen and oxygen atoms in total. The van der Waals surface area contributed by atoms with E-state index in [9.17, 15) is 9.90 Å². The van der Waals surface area contributed by atoms with E-state index >= 15 is 0 Å². The lowest BCUT2D eigenvalue weighted by molar-refractivity contribution is 0.0635. The predicted molar refractivity (Wildman–Crippen MR) is 74.4 cm³/mol. The van der Waals surface area contributed by atoms with Crippen LogP contribution in [-0.2, 0) is 10.3 Å². The van der Waals surface area contributed by atoms with E-state index in [0.29, 0.717) is 29.1 Å². The number of hydrogen-bond donors (Lipinski definition) is 2. The van der Waals surface area contributed by atoms with Crippen LogP contribution in [0.1, 0.15) is 39.2 Å². The number of benzene rings is 1. The molecule has 1 aliphatic carbocycles. The number of nitrogens with one attached hydrogen (secondary N) is 1. The van der Waals surface area contributed by atoms with Crippen LogP contribution in [0.2, 0.25) is 5.02 Å². The largest absolute Gasteiger partial charge is 0.444 e. The summed E-state index contributed by atoms with van der Waals surface area (Å²) in [6.07, 6.45) is 0.812. The molecule has 0 aliphatic heterocycles. The molecule has 1 saturated carbocycles. The molecule has 0 radical (unpaired) electrons. The van der Waals surface area contributed by atoms with Gasteiger partial charge in [0.15, 0.2) is 0 Å². The number of anilines is 1. The molecule has 1 aromatic carbocycles. The topological polar surface area (TPSA) is 58.6 Å². The van der Waals surface area contributed by atoms with Crippen molar-refractivity contribution in [1.82, 2.24) is 0 Å². The van der Waals surface area contributed by atoms with Crippen LogP contribution in [0.5, 0.6) is 0 Å². The van der Waals surface area contributed by atoms with Crippen molar-refractivity contribution in [3.63, 3.8) is 0 Å². The van der Waals surface area contributed by atoms with Crippen LogP contribution in [0.3, 0.4) is 0 Å². The van der Waals surface area contributed by atoms with E-state index in [1.54, 1.807) is 39.0 Å². The van der Waals surface area contributed by atoms with Gasteiger partial charge in [-0.25, -0.2) is 4.79 Å². The van der Waals surface area contributed by atoms with Crippen molar-refractivity contribution >= 4 is 23.4 Å². The number of halogens is 1. The standard InChI is InChI=1S/C14H18ClNO3/c1-13(2,3)19-12(17)16-11-5-4-9(15)8-10(11)14(18)6-7-14/h4-5,8,18H,6-7H2,1-3H3,(H,16,17). The number of carbonyl (C=O) groups excluding carboxylic acids is 1. The predicted octanol–water partition coefficient (Wildman–Crippen LogP) is 3.67. The monoisotopic (exact) mass is 283 g/mol. The summed E-state index contributed by atoms with van der Waals surface area (Å²) in [5.74, 6) is 0. The zero-order chi connectivity index (χ0) is 14.3. The van der Waals surface area contributed by atoms with Crippen LogP contribution < -0.4 is 5.32 Å². The molecule has 5 heteroatoms. The van der Waals surface area contributed by atoms with Gasteiger partial charge in [-0.2, -0.15) is 0 Å². The van der Waals surface area contributed by atoms with E-state index in [1.807, 2.05) is 0 Å². The smallest absolute Gasteiger partial charge is 0.412 e. The van der Waals surface area contributed by atoms with Crippen LogP contribution in [-0.4, -0.2) is 16.8 Å². The Morgan fingerprint density at radius 3 is 2.58 bits per heavy atom. The Bertz CT molecular complexity index is 504. The maximum absolute atomic E-state index is 11.8. The zero-order valence-electron chi connectivity index (χ0n) is 11.3. The molecule has 2 rings (SSSR count). The summed E-state index contributed by atoms with van der Waals surface area (Å²) in [7, 11) is 0. The van der Waals surface area contributed by atoms with E-state index in [-0.39, 0.29) is 0 Å². The molecule has 0 spiro atoms. The fourth-order valence-electron chi connectivity index (χ4n) is 1.81. The van der Waals surface area contributed by atoms with Crippen molar-refractivity contribution in [3.8, 4) is 0 Å². The lowest BCUT2D eigenvalue weighted by Crippen LogP contribution is -2.28. The summed E-state index contributed by atoms with van der Waals surface area (Å²) >= 11 is 5.94. The van der Waals surface area contributed by atoms with Crippen molar-refractivity contribution in [2.75, 3.05) is 5.32 Å². The summed E-state index contributed by atoms with van der Waals surface area (Å²) in [5, 5.41) is 13.4. The van der Waals surface area contributed by atoms with Gasteiger partial charge in [0.1, 0.15) is 5.60 Å². The molecule has 1 amide bonds. The molecule has 0 bridgehead atoms. The van der Waals surface area contributed by atoms with Gasteiger partial charge in [-0.3, -0.25) is 5.32 Å². The number of carbonyl (C=O) groups is 1. The van der Waals surface area contributed by atoms with Gasteiger partial charge in [0.25, 0.3) is 0 Å². The first-order chi connectivity index (χ1) is 8.70. The minimum absolute atomic E-state index is 0.532. The highest BCUT2D eigenvalue weighted by Gasteiger charge is 2.44. The maximum Gasteiger partial charge on any atom is 0.412 e. The summed E-state index contributed by atoms with van der Waals surface area (Å²) in [5.41, 5.74) is -0.243. The molecule has 1 aromatic rings. The lowest BCUT2D eigenvalue weighted by Gasteiger charge is -2.21. The molecule has 0 atom stereocenters. The van der Waals surface area contributed by atoms with Crippen LogP contribution in [0.25, 0.3) is 0 Å². The first kappa shape index (κ1) is 14.2. The van der Waals surface area contributed by atoms with Crippen molar-refractivity contribution < 1.29 is 14.6 Å². The Labute approximate surface area is 117 Å². The minimum atomic E-state index is -0.866. The summed E-state index contributed by atoms with van der Waals surface area (Å²) in [6, 6.07) is 5.03. The number of rotatable bonds is 2. The first-order valence-electron chi connectivity index (χ1n) is 6.22. The van der Waals surface area contributed by atoms with Crippen molar-refractivity contribution in [2.24, 2.45) is 0 Å². The van der Waals surface area contributed by atoms with Crippen LogP contribution in [0.15, 0.2) is 18.2 Å². The van der Waals surface area contributed by atoms with E-state index in [0.717, 1.165) is 0 Å². The van der Waals surface area contributed by atoms with Crippen molar-refractivity contribution in [3.05, 3.63) is 28.8 Å². The second kappa shape index (κ2) is 4.69.